The van der Waals surface area contributed by atoms with Crippen LogP contribution in [0.5, 0.6) is 0 Å². The summed E-state index contributed by atoms with van der Waals surface area (Å²) in [7, 11) is 0. The molecule has 1 saturated heterocycles. The van der Waals surface area contributed by atoms with Crippen LogP contribution in [-0.4, -0.2) is 49.5 Å². The van der Waals surface area contributed by atoms with E-state index < -0.39 is 0 Å². The van der Waals surface area contributed by atoms with Gasteiger partial charge in [-0.2, -0.15) is 0 Å². The maximum Gasteiger partial charge on any atom is 0.261 e. The molecule has 6 nitrogen and oxygen atoms in total. The van der Waals surface area contributed by atoms with E-state index >= 15 is 0 Å². The molecule has 0 radical (unpaired) electrons. The molecular formula is C23H34IN5OS. The molecule has 3 N–H and O–H groups in total. The van der Waals surface area contributed by atoms with Crippen LogP contribution >= 0.6 is 35.3 Å². The molecule has 0 spiro atoms. The van der Waals surface area contributed by atoms with E-state index in [0.717, 1.165) is 36.9 Å². The molecule has 1 amide bonds. The van der Waals surface area contributed by atoms with E-state index in [0.29, 0.717) is 13.1 Å². The van der Waals surface area contributed by atoms with Crippen LogP contribution in [0, 0.1) is 0 Å². The monoisotopic (exact) mass is 555 g/mol. The van der Waals surface area contributed by atoms with E-state index in [1.165, 1.54) is 48.4 Å². The Bertz CT molecular complexity index is 789. The molecule has 0 aliphatic carbocycles. The highest BCUT2D eigenvalue weighted by Crippen LogP contribution is 2.13. The first-order valence-corrected chi connectivity index (χ1v) is 11.8. The minimum Gasteiger partial charge on any atom is -0.357 e. The van der Waals surface area contributed by atoms with E-state index in [2.05, 4.69) is 57.0 Å². The van der Waals surface area contributed by atoms with Crippen molar-refractivity contribution in [1.82, 2.24) is 20.9 Å². The molecule has 0 bridgehead atoms. The normalized spacial score (nSPS) is 14.2. The highest BCUT2D eigenvalue weighted by molar-refractivity contribution is 14.0. The number of carbonyl (C=O) groups excluding carboxylic acids is 1. The minimum atomic E-state index is -0.00116. The Balaban J connectivity index is 0.00000341. The number of rotatable bonds is 10. The molecule has 31 heavy (non-hydrogen) atoms. The lowest BCUT2D eigenvalue weighted by molar-refractivity contribution is 0.0957. The minimum absolute atomic E-state index is 0. The van der Waals surface area contributed by atoms with Crippen molar-refractivity contribution in [2.45, 2.75) is 39.3 Å². The average Bonchev–Trinajstić information content (AvgIpc) is 3.47. The third kappa shape index (κ3) is 9.16. The summed E-state index contributed by atoms with van der Waals surface area (Å²) >= 11 is 1.46. The molecular weight excluding hydrogens is 521 g/mol. The van der Waals surface area contributed by atoms with E-state index in [9.17, 15) is 4.79 Å². The quantitative estimate of drug-likeness (QED) is 0.181. The Morgan fingerprint density at radius 1 is 1.03 bits per heavy atom. The second-order valence-electron chi connectivity index (χ2n) is 7.51. The maximum absolute atomic E-state index is 11.9. The number of amides is 1. The molecule has 3 rings (SSSR count). The molecule has 0 atom stereocenters. The van der Waals surface area contributed by atoms with Gasteiger partial charge in [-0.05, 0) is 61.8 Å². The van der Waals surface area contributed by atoms with Crippen LogP contribution in [0.2, 0.25) is 0 Å². The first kappa shape index (κ1) is 25.6. The molecule has 1 aromatic heterocycles. The number of nitrogens with zero attached hydrogens (tertiary/aromatic N) is 2. The molecule has 0 saturated carbocycles. The topological polar surface area (TPSA) is 68.8 Å². The highest BCUT2D eigenvalue weighted by Gasteiger charge is 2.11. The Hall–Kier alpha value is -1.65. The van der Waals surface area contributed by atoms with Crippen molar-refractivity contribution < 1.29 is 4.79 Å². The maximum atomic E-state index is 11.9. The van der Waals surface area contributed by atoms with Crippen molar-refractivity contribution in [3.05, 3.63) is 57.8 Å². The smallest absolute Gasteiger partial charge is 0.261 e. The fraction of sp³-hybridized carbons (Fsp3) is 0.478. The van der Waals surface area contributed by atoms with Crippen molar-refractivity contribution in [2.24, 2.45) is 4.99 Å². The lowest BCUT2D eigenvalue weighted by Gasteiger charge is -2.14. The van der Waals surface area contributed by atoms with Crippen LogP contribution in [0.3, 0.4) is 0 Å². The number of aliphatic imine (C=N–C) groups is 1. The van der Waals surface area contributed by atoms with Gasteiger partial charge in [0, 0.05) is 26.2 Å². The summed E-state index contributed by atoms with van der Waals surface area (Å²) in [6, 6.07) is 12.5. The highest BCUT2D eigenvalue weighted by atomic mass is 127. The van der Waals surface area contributed by atoms with Gasteiger partial charge in [0.2, 0.25) is 0 Å². The number of nitrogens with one attached hydrogen (secondary N) is 3. The number of thiophene rings is 1. The van der Waals surface area contributed by atoms with Crippen molar-refractivity contribution >= 4 is 47.2 Å². The van der Waals surface area contributed by atoms with Gasteiger partial charge >= 0.3 is 0 Å². The van der Waals surface area contributed by atoms with Crippen LogP contribution in [0.15, 0.2) is 46.8 Å². The molecule has 170 valence electrons. The van der Waals surface area contributed by atoms with Crippen molar-refractivity contribution in [3.63, 3.8) is 0 Å². The van der Waals surface area contributed by atoms with Gasteiger partial charge in [0.1, 0.15) is 0 Å². The van der Waals surface area contributed by atoms with Gasteiger partial charge in [0.15, 0.2) is 5.96 Å². The molecule has 1 fully saturated rings. The number of likely N-dealkylation sites (tertiary alicyclic amines) is 1. The van der Waals surface area contributed by atoms with Crippen LogP contribution in [0.25, 0.3) is 0 Å². The molecule has 1 aliphatic heterocycles. The van der Waals surface area contributed by atoms with Crippen LogP contribution in [0.1, 0.15) is 47.0 Å². The predicted octanol–water partition coefficient (Wildman–Crippen LogP) is 3.84. The standard InChI is InChI=1S/C23H33N5OS.HI/c1-2-24-23(26-13-6-12-25-22(29)21-7-5-16-30-21)27-17-19-8-10-20(11-9-19)18-28-14-3-4-15-28;/h5,7-11,16H,2-4,6,12-15,17-18H2,1H3,(H,25,29)(H2,24,26,27);1H. The summed E-state index contributed by atoms with van der Waals surface area (Å²) in [6.07, 6.45) is 3.49. The zero-order valence-corrected chi connectivity index (χ0v) is 21.4. The zero-order valence-electron chi connectivity index (χ0n) is 18.2. The number of benzene rings is 1. The van der Waals surface area contributed by atoms with Gasteiger partial charge in [-0.15, -0.1) is 35.3 Å². The third-order valence-corrected chi connectivity index (χ3v) is 5.94. The second-order valence-corrected chi connectivity index (χ2v) is 8.46. The summed E-state index contributed by atoms with van der Waals surface area (Å²) in [6.45, 7) is 8.42. The number of halogens is 1. The van der Waals surface area contributed by atoms with Gasteiger partial charge in [-0.1, -0.05) is 30.3 Å². The Morgan fingerprint density at radius 3 is 2.42 bits per heavy atom. The first-order chi connectivity index (χ1) is 14.7. The van der Waals surface area contributed by atoms with Crippen molar-refractivity contribution in [1.29, 1.82) is 0 Å². The van der Waals surface area contributed by atoms with E-state index in [1.807, 2.05) is 17.5 Å². The molecule has 2 aromatic rings. The van der Waals surface area contributed by atoms with Gasteiger partial charge in [-0.3, -0.25) is 9.69 Å². The summed E-state index contributed by atoms with van der Waals surface area (Å²) in [5.74, 6) is 0.807. The SMILES string of the molecule is CCNC(=NCc1ccc(CN2CCCC2)cc1)NCCCNC(=O)c1cccs1.I. The summed E-state index contributed by atoms with van der Waals surface area (Å²) < 4.78 is 0. The molecule has 1 aliphatic rings. The summed E-state index contributed by atoms with van der Waals surface area (Å²) in [5, 5.41) is 11.5. The van der Waals surface area contributed by atoms with Crippen LogP contribution in [-0.2, 0) is 13.1 Å². The average molecular weight is 556 g/mol. The van der Waals surface area contributed by atoms with Crippen LogP contribution in [0.4, 0.5) is 0 Å². The molecule has 8 heteroatoms. The first-order valence-electron chi connectivity index (χ1n) is 10.9. The predicted molar refractivity (Wildman–Crippen MR) is 140 cm³/mol. The van der Waals surface area contributed by atoms with Gasteiger partial charge in [0.25, 0.3) is 5.91 Å². The van der Waals surface area contributed by atoms with E-state index in [-0.39, 0.29) is 29.9 Å². The number of guanidine groups is 1. The number of hydrogen-bond donors (Lipinski definition) is 3. The Morgan fingerprint density at radius 2 is 1.74 bits per heavy atom. The lowest BCUT2D eigenvalue weighted by atomic mass is 10.1. The Labute approximate surface area is 206 Å². The zero-order chi connectivity index (χ0) is 21.0. The second kappa shape index (κ2) is 14.4. The van der Waals surface area contributed by atoms with E-state index in [1.54, 1.807) is 0 Å². The number of carbonyl (C=O) groups is 1. The van der Waals surface area contributed by atoms with E-state index in [4.69, 9.17) is 0 Å². The molecule has 1 aromatic carbocycles. The fourth-order valence-corrected chi connectivity index (χ4v) is 4.09. The van der Waals surface area contributed by atoms with Gasteiger partial charge in [0.05, 0.1) is 11.4 Å². The van der Waals surface area contributed by atoms with Crippen LogP contribution < -0.4 is 16.0 Å². The fourth-order valence-electron chi connectivity index (χ4n) is 3.45. The van der Waals surface area contributed by atoms with Gasteiger partial charge < -0.3 is 16.0 Å². The molecule has 0 unspecified atom stereocenters. The summed E-state index contributed by atoms with van der Waals surface area (Å²) in [5.41, 5.74) is 2.58. The largest absolute Gasteiger partial charge is 0.357 e. The molecule has 2 heterocycles. The van der Waals surface area contributed by atoms with Crippen molar-refractivity contribution in [3.8, 4) is 0 Å². The number of hydrogen-bond acceptors (Lipinski definition) is 4. The van der Waals surface area contributed by atoms with Gasteiger partial charge in [-0.25, -0.2) is 4.99 Å². The summed E-state index contributed by atoms with van der Waals surface area (Å²) in [4.78, 5) is 19.9. The lowest BCUT2D eigenvalue weighted by Crippen LogP contribution is -2.38. The Kier molecular flexibility index (Phi) is 11.9. The van der Waals surface area contributed by atoms with Crippen molar-refractivity contribution in [2.75, 3.05) is 32.7 Å². The third-order valence-electron chi connectivity index (χ3n) is 5.07.